The molecule has 2 rings (SSSR count). The fourth-order valence-electron chi connectivity index (χ4n) is 1.86. The molecular weight excluding hydrogens is 194 g/mol. The summed E-state index contributed by atoms with van der Waals surface area (Å²) >= 11 is 0. The summed E-state index contributed by atoms with van der Waals surface area (Å²) in [7, 11) is 0. The lowest BCUT2D eigenvalue weighted by Crippen LogP contribution is -1.89. The van der Waals surface area contributed by atoms with Crippen molar-refractivity contribution in [2.45, 2.75) is 27.2 Å². The number of nitrogens with zero attached hydrogens (tertiary/aromatic N) is 1. The van der Waals surface area contributed by atoms with Gasteiger partial charge in [0.25, 0.3) is 0 Å². The van der Waals surface area contributed by atoms with Crippen LogP contribution in [0.5, 0.6) is 0 Å². The summed E-state index contributed by atoms with van der Waals surface area (Å²) in [5.74, 6) is 0. The van der Waals surface area contributed by atoms with Gasteiger partial charge < -0.3 is 0 Å². The second-order valence-corrected chi connectivity index (χ2v) is 4.22. The fraction of sp³-hybridized carbons (Fsp3) is 0.267. The van der Waals surface area contributed by atoms with Crippen LogP contribution >= 0.6 is 0 Å². The van der Waals surface area contributed by atoms with Crippen LogP contribution in [0.2, 0.25) is 0 Å². The third-order valence-corrected chi connectivity index (χ3v) is 2.89. The number of hydrogen-bond acceptors (Lipinski definition) is 1. The van der Waals surface area contributed by atoms with E-state index in [1.165, 1.54) is 22.3 Å². The minimum atomic E-state index is 1.06. The predicted molar refractivity (Wildman–Crippen MR) is 68.5 cm³/mol. The van der Waals surface area contributed by atoms with E-state index in [0.29, 0.717) is 0 Å². The van der Waals surface area contributed by atoms with Crippen LogP contribution in [0.15, 0.2) is 36.5 Å². The van der Waals surface area contributed by atoms with Crippen molar-refractivity contribution in [2.24, 2.45) is 0 Å². The average Bonchev–Trinajstić information content (AvgIpc) is 2.30. The largest absolute Gasteiger partial charge is 0.256 e. The molecular formula is C15H17N. The second kappa shape index (κ2) is 4.48. The Hall–Kier alpha value is -1.63. The van der Waals surface area contributed by atoms with Crippen molar-refractivity contribution >= 4 is 0 Å². The first-order chi connectivity index (χ1) is 7.70. The van der Waals surface area contributed by atoms with Crippen LogP contribution in [0.25, 0.3) is 11.3 Å². The maximum atomic E-state index is 4.46. The zero-order valence-corrected chi connectivity index (χ0v) is 10.1. The molecule has 0 spiro atoms. The van der Waals surface area contributed by atoms with Crippen molar-refractivity contribution in [1.29, 1.82) is 0 Å². The highest BCUT2D eigenvalue weighted by Gasteiger charge is 2.03. The second-order valence-electron chi connectivity index (χ2n) is 4.22. The molecule has 0 amide bonds. The first-order valence-corrected chi connectivity index (χ1v) is 5.73. The summed E-state index contributed by atoms with van der Waals surface area (Å²) in [5.41, 5.74) is 6.18. The Morgan fingerprint density at radius 1 is 1.06 bits per heavy atom. The van der Waals surface area contributed by atoms with Gasteiger partial charge in [0.15, 0.2) is 0 Å². The first-order valence-electron chi connectivity index (χ1n) is 5.73. The number of rotatable bonds is 2. The number of aromatic nitrogens is 1. The van der Waals surface area contributed by atoms with Gasteiger partial charge in [-0.3, -0.25) is 4.98 Å². The van der Waals surface area contributed by atoms with Crippen LogP contribution in [-0.2, 0) is 6.42 Å². The molecule has 1 nitrogen and oxygen atoms in total. The molecule has 0 N–H and O–H groups in total. The van der Waals surface area contributed by atoms with E-state index in [0.717, 1.165) is 12.1 Å². The highest BCUT2D eigenvalue weighted by molar-refractivity contribution is 5.63. The van der Waals surface area contributed by atoms with Crippen LogP contribution in [-0.4, -0.2) is 4.98 Å². The fourth-order valence-corrected chi connectivity index (χ4v) is 1.86. The van der Waals surface area contributed by atoms with E-state index in [1.807, 2.05) is 6.20 Å². The molecule has 0 saturated carbocycles. The molecule has 0 bridgehead atoms. The molecule has 0 atom stereocenters. The van der Waals surface area contributed by atoms with Gasteiger partial charge in [0, 0.05) is 11.8 Å². The highest BCUT2D eigenvalue weighted by atomic mass is 14.7. The Balaban J connectivity index is 2.44. The minimum absolute atomic E-state index is 1.06. The van der Waals surface area contributed by atoms with E-state index in [4.69, 9.17) is 0 Å². The zero-order valence-electron chi connectivity index (χ0n) is 10.1. The summed E-state index contributed by atoms with van der Waals surface area (Å²) in [6.45, 7) is 6.39. The normalized spacial score (nSPS) is 10.4. The number of pyridine rings is 1. The summed E-state index contributed by atoms with van der Waals surface area (Å²) < 4.78 is 0. The number of aryl methyl sites for hydroxylation is 3. The van der Waals surface area contributed by atoms with Gasteiger partial charge in [-0.05, 0) is 43.0 Å². The van der Waals surface area contributed by atoms with E-state index in [-0.39, 0.29) is 0 Å². The predicted octanol–water partition coefficient (Wildman–Crippen LogP) is 3.93. The third kappa shape index (κ3) is 2.13. The molecule has 16 heavy (non-hydrogen) atoms. The molecule has 2 aromatic rings. The minimum Gasteiger partial charge on any atom is -0.256 e. The van der Waals surface area contributed by atoms with Crippen molar-refractivity contribution in [2.75, 3.05) is 0 Å². The lowest BCUT2D eigenvalue weighted by atomic mass is 10.0. The lowest BCUT2D eigenvalue weighted by Gasteiger charge is -2.07. The lowest BCUT2D eigenvalue weighted by molar-refractivity contribution is 1.13. The van der Waals surface area contributed by atoms with Crippen LogP contribution in [0.4, 0.5) is 0 Å². The molecule has 0 aliphatic rings. The molecule has 0 aliphatic heterocycles. The molecule has 82 valence electrons. The number of hydrogen-bond donors (Lipinski definition) is 0. The van der Waals surface area contributed by atoms with E-state index in [2.05, 4.69) is 56.1 Å². The van der Waals surface area contributed by atoms with Gasteiger partial charge in [0.2, 0.25) is 0 Å². The highest BCUT2D eigenvalue weighted by Crippen LogP contribution is 2.22. The van der Waals surface area contributed by atoms with E-state index in [1.54, 1.807) is 0 Å². The topological polar surface area (TPSA) is 12.9 Å². The van der Waals surface area contributed by atoms with Crippen LogP contribution in [0.3, 0.4) is 0 Å². The summed E-state index contributed by atoms with van der Waals surface area (Å²) in [6, 6.07) is 10.8. The average molecular weight is 211 g/mol. The molecule has 1 aromatic heterocycles. The van der Waals surface area contributed by atoms with Crippen molar-refractivity contribution in [3.63, 3.8) is 0 Å². The molecule has 0 aliphatic carbocycles. The van der Waals surface area contributed by atoms with Crippen LogP contribution in [0, 0.1) is 13.8 Å². The smallest absolute Gasteiger partial charge is 0.0704 e. The van der Waals surface area contributed by atoms with Gasteiger partial charge >= 0.3 is 0 Å². The van der Waals surface area contributed by atoms with Gasteiger partial charge in [0.05, 0.1) is 5.69 Å². The van der Waals surface area contributed by atoms with Crippen LogP contribution < -0.4 is 0 Å². The van der Waals surface area contributed by atoms with Crippen molar-refractivity contribution in [3.8, 4) is 11.3 Å². The molecule has 0 radical (unpaired) electrons. The third-order valence-electron chi connectivity index (χ3n) is 2.89. The quantitative estimate of drug-likeness (QED) is 0.733. The molecule has 0 fully saturated rings. The SMILES string of the molecule is CCc1ccc(-c2ccc(C)cn2)c(C)c1. The Morgan fingerprint density at radius 2 is 1.88 bits per heavy atom. The molecule has 0 unspecified atom stereocenters. The van der Waals surface area contributed by atoms with Gasteiger partial charge in [-0.15, -0.1) is 0 Å². The summed E-state index contributed by atoms with van der Waals surface area (Å²) in [5, 5.41) is 0. The van der Waals surface area contributed by atoms with Gasteiger partial charge in [-0.25, -0.2) is 0 Å². The maximum absolute atomic E-state index is 4.46. The van der Waals surface area contributed by atoms with E-state index in [9.17, 15) is 0 Å². The monoisotopic (exact) mass is 211 g/mol. The molecule has 0 saturated heterocycles. The zero-order chi connectivity index (χ0) is 11.5. The summed E-state index contributed by atoms with van der Waals surface area (Å²) in [6.07, 6.45) is 3.00. The van der Waals surface area contributed by atoms with E-state index < -0.39 is 0 Å². The van der Waals surface area contributed by atoms with Gasteiger partial charge in [-0.2, -0.15) is 0 Å². The van der Waals surface area contributed by atoms with Crippen molar-refractivity contribution in [1.82, 2.24) is 4.98 Å². The Kier molecular flexibility index (Phi) is 3.04. The van der Waals surface area contributed by atoms with Crippen molar-refractivity contribution in [3.05, 3.63) is 53.2 Å². The van der Waals surface area contributed by atoms with Crippen molar-refractivity contribution < 1.29 is 0 Å². The van der Waals surface area contributed by atoms with E-state index >= 15 is 0 Å². The summed E-state index contributed by atoms with van der Waals surface area (Å²) in [4.78, 5) is 4.46. The van der Waals surface area contributed by atoms with Crippen LogP contribution in [0.1, 0.15) is 23.6 Å². The molecule has 1 aromatic carbocycles. The first kappa shape index (κ1) is 10.9. The Morgan fingerprint density at radius 3 is 2.44 bits per heavy atom. The maximum Gasteiger partial charge on any atom is 0.0704 e. The van der Waals surface area contributed by atoms with Gasteiger partial charge in [0.1, 0.15) is 0 Å². The van der Waals surface area contributed by atoms with Gasteiger partial charge in [-0.1, -0.05) is 31.2 Å². The molecule has 1 heterocycles. The Labute approximate surface area is 97.2 Å². The standard InChI is InChI=1S/C15H17N/c1-4-13-6-7-14(12(3)9-13)15-8-5-11(2)10-16-15/h5-10H,4H2,1-3H3. The number of benzene rings is 1. The molecule has 1 heteroatoms. The Bertz CT molecular complexity index is 483.